The van der Waals surface area contributed by atoms with E-state index in [1.54, 1.807) is 30.4 Å². The van der Waals surface area contributed by atoms with E-state index in [0.717, 1.165) is 19.4 Å². The molecule has 2 heterocycles. The number of carbonyl (C=O) groups excluding carboxylic acids is 1. The highest BCUT2D eigenvalue weighted by molar-refractivity contribution is 7.10. The minimum atomic E-state index is -0.578. The fourth-order valence-corrected chi connectivity index (χ4v) is 3.68. The average Bonchev–Trinajstić information content (AvgIpc) is 3.19. The summed E-state index contributed by atoms with van der Waals surface area (Å²) in [7, 11) is 0. The van der Waals surface area contributed by atoms with Crippen LogP contribution in [-0.2, 0) is 4.79 Å². The highest BCUT2D eigenvalue weighted by Gasteiger charge is 2.33. The second-order valence-corrected chi connectivity index (χ2v) is 6.40. The quantitative estimate of drug-likeness (QED) is 0.852. The predicted molar refractivity (Wildman–Crippen MR) is 84.5 cm³/mol. The summed E-state index contributed by atoms with van der Waals surface area (Å²) < 4.78 is 18.6. The van der Waals surface area contributed by atoms with Gasteiger partial charge in [0.2, 0.25) is 0 Å². The van der Waals surface area contributed by atoms with E-state index in [2.05, 4.69) is 6.07 Å². The lowest BCUT2D eigenvalue weighted by molar-refractivity contribution is -0.138. The third-order valence-electron chi connectivity index (χ3n) is 3.88. The molecule has 0 aliphatic carbocycles. The molecule has 1 saturated heterocycles. The summed E-state index contributed by atoms with van der Waals surface area (Å²) in [4.78, 5) is 15.8. The molecule has 5 heteroatoms. The molecule has 1 aromatic heterocycles. The van der Waals surface area contributed by atoms with Crippen LogP contribution in [0.15, 0.2) is 41.8 Å². The lowest BCUT2D eigenvalue weighted by atomic mass is 10.2. The molecule has 0 unspecified atom stereocenters. The Morgan fingerprint density at radius 1 is 1.36 bits per heavy atom. The van der Waals surface area contributed by atoms with Crippen LogP contribution in [0.25, 0.3) is 0 Å². The van der Waals surface area contributed by atoms with Gasteiger partial charge >= 0.3 is 0 Å². The molecule has 1 aliphatic heterocycles. The van der Waals surface area contributed by atoms with Crippen LogP contribution in [0.5, 0.6) is 5.75 Å². The molecule has 1 amide bonds. The third kappa shape index (κ3) is 3.14. The number of hydrogen-bond donors (Lipinski definition) is 0. The molecule has 2 aromatic rings. The van der Waals surface area contributed by atoms with E-state index < -0.39 is 6.10 Å². The summed E-state index contributed by atoms with van der Waals surface area (Å²) in [5, 5.41) is 2.04. The molecule has 22 heavy (non-hydrogen) atoms. The van der Waals surface area contributed by atoms with Gasteiger partial charge in [0.05, 0.1) is 6.04 Å². The van der Waals surface area contributed by atoms with Crippen molar-refractivity contribution in [3.8, 4) is 5.75 Å². The van der Waals surface area contributed by atoms with Crippen LogP contribution in [0.2, 0.25) is 0 Å². The lowest BCUT2D eigenvalue weighted by Crippen LogP contribution is -2.39. The SMILES string of the molecule is C[C@@H](Oc1ccc(F)cc1)C(=O)N1CCC[C@H]1c1cccs1. The Morgan fingerprint density at radius 3 is 2.82 bits per heavy atom. The number of rotatable bonds is 4. The Morgan fingerprint density at radius 2 is 2.14 bits per heavy atom. The van der Waals surface area contributed by atoms with Crippen LogP contribution in [0, 0.1) is 5.82 Å². The Balaban J connectivity index is 1.68. The smallest absolute Gasteiger partial charge is 0.263 e. The van der Waals surface area contributed by atoms with Crippen LogP contribution < -0.4 is 4.74 Å². The van der Waals surface area contributed by atoms with Crippen molar-refractivity contribution < 1.29 is 13.9 Å². The van der Waals surface area contributed by atoms with E-state index in [1.165, 1.54) is 17.0 Å². The highest BCUT2D eigenvalue weighted by atomic mass is 32.1. The third-order valence-corrected chi connectivity index (χ3v) is 4.86. The molecular formula is C17H18FNO2S. The Bertz CT molecular complexity index is 627. The van der Waals surface area contributed by atoms with Gasteiger partial charge < -0.3 is 9.64 Å². The second-order valence-electron chi connectivity index (χ2n) is 5.42. The van der Waals surface area contributed by atoms with Gasteiger partial charge in [-0.2, -0.15) is 0 Å². The predicted octanol–water partition coefficient (Wildman–Crippen LogP) is 4.02. The van der Waals surface area contributed by atoms with Gasteiger partial charge in [-0.05, 0) is 55.5 Å². The van der Waals surface area contributed by atoms with Crippen molar-refractivity contribution in [2.45, 2.75) is 31.9 Å². The van der Waals surface area contributed by atoms with Gasteiger partial charge in [0.1, 0.15) is 11.6 Å². The second kappa shape index (κ2) is 6.48. The van der Waals surface area contributed by atoms with Crippen LogP contribution in [0.1, 0.15) is 30.7 Å². The molecule has 1 aromatic carbocycles. The molecule has 3 rings (SSSR count). The standard InChI is InChI=1S/C17H18FNO2S/c1-12(21-14-8-6-13(18)7-9-14)17(20)19-10-2-4-15(19)16-5-3-11-22-16/h3,5-9,11-12,15H,2,4,10H2,1H3/t12-,15+/m1/s1. The first kappa shape index (κ1) is 15.0. The van der Waals surface area contributed by atoms with Gasteiger partial charge in [0, 0.05) is 11.4 Å². The number of carbonyl (C=O) groups is 1. The Kier molecular flexibility index (Phi) is 4.43. The maximum Gasteiger partial charge on any atom is 0.263 e. The summed E-state index contributed by atoms with van der Waals surface area (Å²) in [5.41, 5.74) is 0. The first-order chi connectivity index (χ1) is 10.6. The highest BCUT2D eigenvalue weighted by Crippen LogP contribution is 2.35. The minimum absolute atomic E-state index is 0.0137. The Hall–Kier alpha value is -1.88. The van der Waals surface area contributed by atoms with Crippen LogP contribution in [0.4, 0.5) is 4.39 Å². The normalized spacial score (nSPS) is 19.2. The van der Waals surface area contributed by atoms with Crippen molar-refractivity contribution in [1.29, 1.82) is 0 Å². The largest absolute Gasteiger partial charge is 0.481 e. The fraction of sp³-hybridized carbons (Fsp3) is 0.353. The van der Waals surface area contributed by atoms with Gasteiger partial charge in [0.25, 0.3) is 5.91 Å². The van der Waals surface area contributed by atoms with Crippen molar-refractivity contribution in [2.24, 2.45) is 0 Å². The zero-order valence-corrected chi connectivity index (χ0v) is 13.2. The molecular weight excluding hydrogens is 301 g/mol. The van der Waals surface area contributed by atoms with Crippen molar-refractivity contribution in [3.63, 3.8) is 0 Å². The lowest BCUT2D eigenvalue weighted by Gasteiger charge is -2.27. The van der Waals surface area contributed by atoms with Gasteiger partial charge in [-0.25, -0.2) is 4.39 Å². The molecule has 0 bridgehead atoms. The summed E-state index contributed by atoms with van der Waals surface area (Å²) >= 11 is 1.68. The maximum absolute atomic E-state index is 12.9. The zero-order chi connectivity index (χ0) is 15.5. The number of thiophene rings is 1. The first-order valence-corrected chi connectivity index (χ1v) is 8.29. The van der Waals surface area contributed by atoms with Gasteiger partial charge in [-0.15, -0.1) is 11.3 Å². The maximum atomic E-state index is 12.9. The molecule has 3 nitrogen and oxygen atoms in total. The summed E-state index contributed by atoms with van der Waals surface area (Å²) in [6.45, 7) is 2.51. The van der Waals surface area contributed by atoms with E-state index >= 15 is 0 Å². The van der Waals surface area contributed by atoms with E-state index in [1.807, 2.05) is 16.3 Å². The number of hydrogen-bond acceptors (Lipinski definition) is 3. The van der Waals surface area contributed by atoms with Crippen LogP contribution in [0.3, 0.4) is 0 Å². The van der Waals surface area contributed by atoms with Crippen molar-refractivity contribution in [2.75, 3.05) is 6.54 Å². The number of nitrogens with zero attached hydrogens (tertiary/aromatic N) is 1. The van der Waals surface area contributed by atoms with E-state index in [9.17, 15) is 9.18 Å². The molecule has 0 N–H and O–H groups in total. The minimum Gasteiger partial charge on any atom is -0.481 e. The van der Waals surface area contributed by atoms with Gasteiger partial charge in [0.15, 0.2) is 6.10 Å². The first-order valence-electron chi connectivity index (χ1n) is 7.41. The molecule has 1 aliphatic rings. The fourth-order valence-electron chi connectivity index (χ4n) is 2.81. The van der Waals surface area contributed by atoms with E-state index in [0.29, 0.717) is 5.75 Å². The van der Waals surface area contributed by atoms with Crippen LogP contribution in [-0.4, -0.2) is 23.5 Å². The Labute approximate surface area is 133 Å². The van der Waals surface area contributed by atoms with Gasteiger partial charge in [-0.1, -0.05) is 6.07 Å². The zero-order valence-electron chi connectivity index (χ0n) is 12.4. The van der Waals surface area contributed by atoms with Gasteiger partial charge in [-0.3, -0.25) is 4.79 Å². The van der Waals surface area contributed by atoms with Crippen molar-refractivity contribution in [3.05, 3.63) is 52.5 Å². The number of benzene rings is 1. The number of amides is 1. The average molecular weight is 319 g/mol. The molecule has 0 spiro atoms. The molecule has 1 fully saturated rings. The topological polar surface area (TPSA) is 29.5 Å². The molecule has 0 radical (unpaired) electrons. The number of halogens is 1. The molecule has 2 atom stereocenters. The van der Waals surface area contributed by atoms with E-state index in [4.69, 9.17) is 4.74 Å². The number of likely N-dealkylation sites (tertiary alicyclic amines) is 1. The van der Waals surface area contributed by atoms with Crippen molar-refractivity contribution in [1.82, 2.24) is 4.90 Å². The summed E-state index contributed by atoms with van der Waals surface area (Å²) in [6.07, 6.45) is 1.43. The monoisotopic (exact) mass is 319 g/mol. The molecule has 0 saturated carbocycles. The van der Waals surface area contributed by atoms with Crippen molar-refractivity contribution >= 4 is 17.2 Å². The number of ether oxygens (including phenoxy) is 1. The van der Waals surface area contributed by atoms with E-state index in [-0.39, 0.29) is 17.8 Å². The van der Waals surface area contributed by atoms with Crippen LogP contribution >= 0.6 is 11.3 Å². The summed E-state index contributed by atoms with van der Waals surface area (Å²) in [5.74, 6) is 0.179. The summed E-state index contributed by atoms with van der Waals surface area (Å²) in [6, 6.07) is 9.99. The molecule has 116 valence electrons.